The molecule has 128 valence electrons. The molecule has 1 aromatic heterocycles. The number of hydrogen-bond donors (Lipinski definition) is 1. The Morgan fingerprint density at radius 2 is 2.00 bits per heavy atom. The Morgan fingerprint density at radius 3 is 2.72 bits per heavy atom. The largest absolute Gasteiger partial charge is 0.324 e. The predicted molar refractivity (Wildman–Crippen MR) is 92.1 cm³/mol. The first-order valence-corrected chi connectivity index (χ1v) is 8.07. The van der Waals surface area contributed by atoms with Gasteiger partial charge in [0.1, 0.15) is 12.1 Å². The number of amides is 1. The molecule has 0 saturated carbocycles. The minimum atomic E-state index is -0.511. The quantitative estimate of drug-likeness (QED) is 0.732. The lowest BCUT2D eigenvalue weighted by molar-refractivity contribution is -0.116. The summed E-state index contributed by atoms with van der Waals surface area (Å²) < 4.78 is 15.3. The van der Waals surface area contributed by atoms with Crippen LogP contribution in [0.15, 0.2) is 48.8 Å². The summed E-state index contributed by atoms with van der Waals surface area (Å²) in [6, 6.07) is 11.8. The molecule has 0 unspecified atom stereocenters. The maximum Gasteiger partial charge on any atom is 0.224 e. The molecule has 0 aliphatic rings. The Morgan fingerprint density at radius 1 is 1.20 bits per heavy atom. The van der Waals surface area contributed by atoms with Crippen LogP contribution in [0.5, 0.6) is 0 Å². The van der Waals surface area contributed by atoms with Crippen LogP contribution in [-0.4, -0.2) is 26.1 Å². The van der Waals surface area contributed by atoms with Gasteiger partial charge in [-0.05, 0) is 59.2 Å². The maximum absolute atomic E-state index is 13.9. The van der Waals surface area contributed by atoms with E-state index in [1.54, 1.807) is 0 Å². The molecular formula is C17H15ClFN5O. The van der Waals surface area contributed by atoms with E-state index in [0.717, 1.165) is 12.0 Å². The number of rotatable bonds is 6. The van der Waals surface area contributed by atoms with E-state index in [0.29, 0.717) is 17.1 Å². The molecule has 2 aromatic carbocycles. The molecule has 3 rings (SSSR count). The van der Waals surface area contributed by atoms with E-state index in [1.165, 1.54) is 29.2 Å². The van der Waals surface area contributed by atoms with Gasteiger partial charge in [-0.2, -0.15) is 0 Å². The van der Waals surface area contributed by atoms with E-state index in [9.17, 15) is 9.18 Å². The number of aromatic nitrogens is 4. The van der Waals surface area contributed by atoms with Crippen molar-refractivity contribution in [2.75, 3.05) is 5.32 Å². The van der Waals surface area contributed by atoms with Crippen molar-refractivity contribution >= 4 is 23.2 Å². The highest BCUT2D eigenvalue weighted by Gasteiger charge is 2.09. The number of nitrogens with zero attached hydrogens (tertiary/aromatic N) is 4. The van der Waals surface area contributed by atoms with E-state index in [4.69, 9.17) is 11.6 Å². The number of anilines is 1. The highest BCUT2D eigenvalue weighted by molar-refractivity contribution is 6.30. The highest BCUT2D eigenvalue weighted by Crippen LogP contribution is 2.19. The summed E-state index contributed by atoms with van der Waals surface area (Å²) in [5, 5.41) is 14.1. The monoisotopic (exact) mass is 359 g/mol. The molecule has 1 heterocycles. The lowest BCUT2D eigenvalue weighted by atomic mass is 10.1. The Balaban J connectivity index is 1.57. The van der Waals surface area contributed by atoms with Crippen molar-refractivity contribution in [2.24, 2.45) is 0 Å². The van der Waals surface area contributed by atoms with Crippen LogP contribution in [0, 0.1) is 5.82 Å². The van der Waals surface area contributed by atoms with Gasteiger partial charge in [0.2, 0.25) is 5.91 Å². The zero-order valence-electron chi connectivity index (χ0n) is 13.2. The van der Waals surface area contributed by atoms with Gasteiger partial charge >= 0.3 is 0 Å². The Hall–Kier alpha value is -2.80. The molecule has 0 atom stereocenters. The van der Waals surface area contributed by atoms with Crippen LogP contribution in [0.3, 0.4) is 0 Å². The molecule has 0 radical (unpaired) electrons. The second-order valence-electron chi connectivity index (χ2n) is 5.45. The van der Waals surface area contributed by atoms with Crippen molar-refractivity contribution in [3.05, 3.63) is 65.2 Å². The third-order valence-electron chi connectivity index (χ3n) is 3.62. The van der Waals surface area contributed by atoms with E-state index < -0.39 is 5.82 Å². The third-order valence-corrected chi connectivity index (χ3v) is 3.87. The highest BCUT2D eigenvalue weighted by atomic mass is 35.5. The molecule has 0 bridgehead atoms. The summed E-state index contributed by atoms with van der Waals surface area (Å²) >= 11 is 5.84. The lowest BCUT2D eigenvalue weighted by Gasteiger charge is -2.08. The van der Waals surface area contributed by atoms with Crippen molar-refractivity contribution in [1.29, 1.82) is 0 Å². The Kier molecular flexibility index (Phi) is 5.35. The zero-order chi connectivity index (χ0) is 17.6. The molecular weight excluding hydrogens is 345 g/mol. The zero-order valence-corrected chi connectivity index (χ0v) is 13.9. The number of nitrogens with one attached hydrogen (secondary N) is 1. The first-order chi connectivity index (χ1) is 12.1. The van der Waals surface area contributed by atoms with Gasteiger partial charge in [0.25, 0.3) is 0 Å². The Bertz CT molecular complexity index is 852. The number of carbonyl (C=O) groups is 1. The van der Waals surface area contributed by atoms with Crippen LogP contribution >= 0.6 is 11.6 Å². The molecule has 25 heavy (non-hydrogen) atoms. The molecule has 0 saturated heterocycles. The summed E-state index contributed by atoms with van der Waals surface area (Å²) in [4.78, 5) is 12.1. The van der Waals surface area contributed by atoms with Gasteiger partial charge in [-0.25, -0.2) is 9.07 Å². The number of aryl methyl sites for hydroxylation is 1. The second-order valence-corrected chi connectivity index (χ2v) is 5.88. The first-order valence-electron chi connectivity index (χ1n) is 7.69. The predicted octanol–water partition coefficient (Wildman–Crippen LogP) is 3.42. The van der Waals surface area contributed by atoms with Gasteiger partial charge in [0, 0.05) is 11.4 Å². The normalized spacial score (nSPS) is 10.6. The number of tetrazole rings is 1. The maximum atomic E-state index is 13.9. The topological polar surface area (TPSA) is 72.7 Å². The van der Waals surface area contributed by atoms with Gasteiger partial charge in [-0.1, -0.05) is 23.7 Å². The van der Waals surface area contributed by atoms with Crippen LogP contribution in [0.2, 0.25) is 5.02 Å². The summed E-state index contributed by atoms with van der Waals surface area (Å²) in [5.74, 6) is -0.760. The molecule has 3 aromatic rings. The molecule has 0 aliphatic carbocycles. The van der Waals surface area contributed by atoms with Gasteiger partial charge < -0.3 is 5.32 Å². The molecule has 0 spiro atoms. The van der Waals surface area contributed by atoms with Gasteiger partial charge in [0.05, 0.1) is 11.4 Å². The number of benzene rings is 2. The van der Waals surface area contributed by atoms with Crippen LogP contribution in [0.25, 0.3) is 5.69 Å². The van der Waals surface area contributed by atoms with Gasteiger partial charge in [-0.3, -0.25) is 4.79 Å². The first kappa shape index (κ1) is 17.0. The smallest absolute Gasteiger partial charge is 0.224 e. The fraction of sp³-hybridized carbons (Fsp3) is 0.176. The molecule has 1 amide bonds. The number of hydrogen-bond acceptors (Lipinski definition) is 4. The number of carbonyl (C=O) groups excluding carboxylic acids is 1. The second kappa shape index (κ2) is 7.85. The standard InChI is InChI=1S/C17H15ClFN5O/c18-13-6-4-12(5-7-13)2-1-3-17(25)21-16-10-14(8-9-15(16)19)24-11-20-22-23-24/h4-11H,1-3H2,(H,21,25). The van der Waals surface area contributed by atoms with E-state index >= 15 is 0 Å². The van der Waals surface area contributed by atoms with Gasteiger partial charge in [-0.15, -0.1) is 5.10 Å². The molecule has 6 nitrogen and oxygen atoms in total. The lowest BCUT2D eigenvalue weighted by Crippen LogP contribution is -2.13. The molecule has 0 aliphatic heterocycles. The third kappa shape index (κ3) is 4.60. The van der Waals surface area contributed by atoms with Crippen molar-refractivity contribution in [3.63, 3.8) is 0 Å². The SMILES string of the molecule is O=C(CCCc1ccc(Cl)cc1)Nc1cc(-n2cnnn2)ccc1F. The summed E-state index contributed by atoms with van der Waals surface area (Å²) in [6.07, 6.45) is 3.08. The van der Waals surface area contributed by atoms with E-state index in [-0.39, 0.29) is 18.0 Å². The minimum Gasteiger partial charge on any atom is -0.324 e. The van der Waals surface area contributed by atoms with E-state index in [2.05, 4.69) is 20.8 Å². The van der Waals surface area contributed by atoms with Crippen LogP contribution in [0.1, 0.15) is 18.4 Å². The van der Waals surface area contributed by atoms with Crippen molar-refractivity contribution in [3.8, 4) is 5.69 Å². The average molecular weight is 360 g/mol. The fourth-order valence-corrected chi connectivity index (χ4v) is 2.47. The minimum absolute atomic E-state index is 0.101. The summed E-state index contributed by atoms with van der Waals surface area (Å²) in [7, 11) is 0. The van der Waals surface area contributed by atoms with Gasteiger partial charge in [0.15, 0.2) is 0 Å². The van der Waals surface area contributed by atoms with Crippen molar-refractivity contribution in [2.45, 2.75) is 19.3 Å². The summed E-state index contributed by atoms with van der Waals surface area (Å²) in [5.41, 5.74) is 1.76. The van der Waals surface area contributed by atoms with Crippen molar-refractivity contribution < 1.29 is 9.18 Å². The van der Waals surface area contributed by atoms with Crippen molar-refractivity contribution in [1.82, 2.24) is 20.2 Å². The van der Waals surface area contributed by atoms with E-state index in [1.807, 2.05) is 24.3 Å². The summed E-state index contributed by atoms with van der Waals surface area (Å²) in [6.45, 7) is 0. The molecule has 0 fully saturated rings. The fourth-order valence-electron chi connectivity index (χ4n) is 2.35. The van der Waals surface area contributed by atoms with Crippen LogP contribution in [-0.2, 0) is 11.2 Å². The molecule has 1 N–H and O–H groups in total. The van der Waals surface area contributed by atoms with Crippen LogP contribution < -0.4 is 5.32 Å². The average Bonchev–Trinajstić information content (AvgIpc) is 3.13. The van der Waals surface area contributed by atoms with Crippen LogP contribution in [0.4, 0.5) is 10.1 Å². The Labute approximate surface area is 148 Å². The molecule has 8 heteroatoms. The number of halogens is 2.